The van der Waals surface area contributed by atoms with Gasteiger partial charge in [-0.25, -0.2) is 0 Å². The summed E-state index contributed by atoms with van der Waals surface area (Å²) in [5.41, 5.74) is 10.4. The van der Waals surface area contributed by atoms with Gasteiger partial charge in [0.2, 0.25) is 0 Å². The van der Waals surface area contributed by atoms with Crippen molar-refractivity contribution >= 4 is 77.9 Å². The summed E-state index contributed by atoms with van der Waals surface area (Å²) >= 11 is 0. The molecule has 0 unspecified atom stereocenters. The average Bonchev–Trinajstić information content (AvgIpc) is 1.88. The summed E-state index contributed by atoms with van der Waals surface area (Å²) in [4.78, 5) is 10.1. The van der Waals surface area contributed by atoms with E-state index in [1.807, 2.05) is 0 Å². The monoisotopic (exact) mass is 530 g/mol. The van der Waals surface area contributed by atoms with Crippen LogP contribution in [0.25, 0.3) is 0 Å². The molecular weight excluding hydrogens is 513 g/mol. The van der Waals surface area contributed by atoms with E-state index in [-0.39, 0.29) is 71.9 Å². The van der Waals surface area contributed by atoms with Crippen LogP contribution in [0.1, 0.15) is 19.3 Å². The number of nitrogens with two attached hydrogens (primary N) is 2. The summed E-state index contributed by atoms with van der Waals surface area (Å²) in [6.45, 7) is 0.604. The standard InChI is InChI=1S/C6H14N2O2.3HI/c7-4-2-1-3-5(8)6(9)10;;;/h5H,1-4,7-8H2,(H,9,10);3*1H/t5-;;;/m0.../s1. The first-order valence-corrected chi connectivity index (χ1v) is 3.37. The third kappa shape index (κ3) is 16.3. The second-order valence-electron chi connectivity index (χ2n) is 2.23. The van der Waals surface area contributed by atoms with Crippen molar-refractivity contribution in [1.29, 1.82) is 0 Å². The molecular formula is C6H17I3N2O2. The lowest BCUT2D eigenvalue weighted by Crippen LogP contribution is -2.29. The molecule has 0 heterocycles. The molecule has 0 saturated heterocycles. The molecule has 0 aromatic heterocycles. The summed E-state index contributed by atoms with van der Waals surface area (Å²) in [6.07, 6.45) is 2.16. The molecule has 0 aliphatic carbocycles. The Hall–Kier alpha value is 1.58. The Bertz CT molecular complexity index is 116. The molecule has 0 spiro atoms. The molecule has 0 aliphatic rings. The quantitative estimate of drug-likeness (QED) is 0.371. The molecule has 0 fully saturated rings. The van der Waals surface area contributed by atoms with Crippen LogP contribution in [0.2, 0.25) is 0 Å². The van der Waals surface area contributed by atoms with E-state index in [1.165, 1.54) is 0 Å². The zero-order chi connectivity index (χ0) is 7.98. The Morgan fingerprint density at radius 2 is 1.69 bits per heavy atom. The highest BCUT2D eigenvalue weighted by Crippen LogP contribution is 1.96. The van der Waals surface area contributed by atoms with E-state index in [9.17, 15) is 4.79 Å². The number of rotatable bonds is 5. The lowest BCUT2D eigenvalue weighted by molar-refractivity contribution is -0.138. The first kappa shape index (κ1) is 24.0. The number of unbranched alkanes of at least 4 members (excludes halogenated alkanes) is 1. The maximum atomic E-state index is 10.1. The van der Waals surface area contributed by atoms with Gasteiger partial charge in [-0.2, -0.15) is 0 Å². The Labute approximate surface area is 130 Å². The van der Waals surface area contributed by atoms with E-state index in [4.69, 9.17) is 16.6 Å². The van der Waals surface area contributed by atoms with Crippen LogP contribution in [0.4, 0.5) is 0 Å². The van der Waals surface area contributed by atoms with Crippen molar-refractivity contribution in [2.45, 2.75) is 25.3 Å². The van der Waals surface area contributed by atoms with E-state index in [0.717, 1.165) is 12.8 Å². The van der Waals surface area contributed by atoms with Gasteiger partial charge in [0.05, 0.1) is 0 Å². The molecule has 5 N–H and O–H groups in total. The number of carboxylic acid groups (broad SMARTS) is 1. The van der Waals surface area contributed by atoms with Gasteiger partial charge < -0.3 is 16.6 Å². The molecule has 0 radical (unpaired) electrons. The predicted molar refractivity (Wildman–Crippen MR) is 84.8 cm³/mol. The zero-order valence-corrected chi connectivity index (χ0v) is 14.1. The van der Waals surface area contributed by atoms with Gasteiger partial charge >= 0.3 is 5.97 Å². The summed E-state index contributed by atoms with van der Waals surface area (Å²) in [5, 5.41) is 8.33. The maximum absolute atomic E-state index is 10.1. The van der Waals surface area contributed by atoms with Crippen LogP contribution in [0.5, 0.6) is 0 Å². The Balaban J connectivity index is -0.000000135. The van der Waals surface area contributed by atoms with Crippen molar-refractivity contribution < 1.29 is 9.90 Å². The summed E-state index contributed by atoms with van der Waals surface area (Å²) in [7, 11) is 0. The Kier molecular flexibility index (Phi) is 29.6. The predicted octanol–water partition coefficient (Wildman–Crippen LogP) is 1.38. The van der Waals surface area contributed by atoms with Gasteiger partial charge in [-0.15, -0.1) is 71.9 Å². The maximum Gasteiger partial charge on any atom is 0.320 e. The SMILES string of the molecule is I.I.I.NCCCC[C@H](N)C(=O)O. The number of hydrogen-bond donors (Lipinski definition) is 3. The van der Waals surface area contributed by atoms with Gasteiger partial charge in [-0.3, -0.25) is 4.79 Å². The lowest BCUT2D eigenvalue weighted by Gasteiger charge is -2.03. The fourth-order valence-corrected chi connectivity index (χ4v) is 0.632. The minimum absolute atomic E-state index is 0. The van der Waals surface area contributed by atoms with Crippen molar-refractivity contribution in [3.8, 4) is 0 Å². The van der Waals surface area contributed by atoms with Gasteiger partial charge in [-0.05, 0) is 19.4 Å². The van der Waals surface area contributed by atoms with Gasteiger partial charge in [0, 0.05) is 0 Å². The minimum Gasteiger partial charge on any atom is -0.480 e. The fraction of sp³-hybridized carbons (Fsp3) is 0.833. The van der Waals surface area contributed by atoms with Gasteiger partial charge in [0.25, 0.3) is 0 Å². The van der Waals surface area contributed by atoms with Crippen molar-refractivity contribution in [3.05, 3.63) is 0 Å². The third-order valence-corrected chi connectivity index (χ3v) is 1.29. The number of carboxylic acids is 1. The van der Waals surface area contributed by atoms with Crippen molar-refractivity contribution in [2.75, 3.05) is 6.54 Å². The molecule has 0 aromatic rings. The lowest BCUT2D eigenvalue weighted by atomic mass is 10.1. The molecule has 1 atom stereocenters. The highest BCUT2D eigenvalue weighted by Gasteiger charge is 2.09. The highest BCUT2D eigenvalue weighted by molar-refractivity contribution is 14.0. The van der Waals surface area contributed by atoms with Gasteiger partial charge in [0.15, 0.2) is 0 Å². The van der Waals surface area contributed by atoms with E-state index in [2.05, 4.69) is 0 Å². The highest BCUT2D eigenvalue weighted by atomic mass is 127. The van der Waals surface area contributed by atoms with Crippen LogP contribution in [-0.4, -0.2) is 23.7 Å². The molecule has 0 aromatic carbocycles. The molecule has 0 rings (SSSR count). The van der Waals surface area contributed by atoms with E-state index in [1.54, 1.807) is 0 Å². The fourth-order valence-electron chi connectivity index (χ4n) is 0.632. The number of carbonyl (C=O) groups is 1. The summed E-state index contributed by atoms with van der Waals surface area (Å²) in [6, 6.07) is -0.716. The van der Waals surface area contributed by atoms with E-state index in [0.29, 0.717) is 13.0 Å². The van der Waals surface area contributed by atoms with Crippen LogP contribution in [-0.2, 0) is 4.79 Å². The number of halogens is 3. The molecule has 0 bridgehead atoms. The summed E-state index contributed by atoms with van der Waals surface area (Å²) in [5.74, 6) is -0.933. The first-order chi connectivity index (χ1) is 4.68. The first-order valence-electron chi connectivity index (χ1n) is 3.37. The van der Waals surface area contributed by atoms with Crippen molar-refractivity contribution in [2.24, 2.45) is 11.5 Å². The second kappa shape index (κ2) is 16.0. The topological polar surface area (TPSA) is 89.3 Å². The molecule has 0 saturated carbocycles. The van der Waals surface area contributed by atoms with Crippen LogP contribution in [0.3, 0.4) is 0 Å². The number of aliphatic carboxylic acids is 1. The Morgan fingerprint density at radius 3 is 2.00 bits per heavy atom. The largest absolute Gasteiger partial charge is 0.480 e. The minimum atomic E-state index is -0.933. The average molecular weight is 530 g/mol. The van der Waals surface area contributed by atoms with E-state index < -0.39 is 12.0 Å². The third-order valence-electron chi connectivity index (χ3n) is 1.29. The summed E-state index contributed by atoms with van der Waals surface area (Å²) < 4.78 is 0. The van der Waals surface area contributed by atoms with Gasteiger partial charge in [0.1, 0.15) is 6.04 Å². The molecule has 0 amide bonds. The molecule has 13 heavy (non-hydrogen) atoms. The normalized spacial score (nSPS) is 10.0. The van der Waals surface area contributed by atoms with Crippen LogP contribution < -0.4 is 11.5 Å². The zero-order valence-electron chi connectivity index (χ0n) is 7.14. The van der Waals surface area contributed by atoms with Crippen LogP contribution in [0.15, 0.2) is 0 Å². The smallest absolute Gasteiger partial charge is 0.320 e. The van der Waals surface area contributed by atoms with Crippen LogP contribution in [0, 0.1) is 0 Å². The molecule has 0 aliphatic heterocycles. The van der Waals surface area contributed by atoms with Crippen LogP contribution >= 0.6 is 71.9 Å². The van der Waals surface area contributed by atoms with Crippen molar-refractivity contribution in [3.63, 3.8) is 0 Å². The Morgan fingerprint density at radius 1 is 1.23 bits per heavy atom. The molecule has 7 heteroatoms. The molecule has 84 valence electrons. The molecule has 4 nitrogen and oxygen atoms in total. The van der Waals surface area contributed by atoms with E-state index >= 15 is 0 Å². The van der Waals surface area contributed by atoms with Crippen molar-refractivity contribution in [1.82, 2.24) is 0 Å². The number of hydrogen-bond acceptors (Lipinski definition) is 3. The van der Waals surface area contributed by atoms with Gasteiger partial charge in [-0.1, -0.05) is 6.42 Å². The second-order valence-corrected chi connectivity index (χ2v) is 2.23.